The molecule has 0 unspecified atom stereocenters. The van der Waals surface area contributed by atoms with Gasteiger partial charge in [-0.25, -0.2) is 8.78 Å². The van der Waals surface area contributed by atoms with Gasteiger partial charge in [-0.2, -0.15) is 0 Å². The molecular formula is C16H14F2N2O2. The molecule has 2 aromatic carbocycles. The van der Waals surface area contributed by atoms with Crippen LogP contribution in [0.1, 0.15) is 11.1 Å². The first-order chi connectivity index (χ1) is 10.4. The maximum absolute atomic E-state index is 13.4. The Morgan fingerprint density at radius 2 is 1.18 bits per heavy atom. The fraction of sp³-hybridized carbons (Fsp3) is 0.125. The zero-order valence-electron chi connectivity index (χ0n) is 12.0. The molecule has 2 rings (SSSR count). The maximum atomic E-state index is 13.4. The third-order valence-electron chi connectivity index (χ3n) is 3.13. The summed E-state index contributed by atoms with van der Waals surface area (Å²) in [6.07, 6.45) is 0. The second-order valence-corrected chi connectivity index (χ2v) is 4.77. The molecule has 22 heavy (non-hydrogen) atoms. The number of anilines is 2. The molecule has 0 heterocycles. The van der Waals surface area contributed by atoms with Crippen LogP contribution in [-0.2, 0) is 9.59 Å². The molecule has 0 saturated heterocycles. The normalized spacial score (nSPS) is 10.2. The van der Waals surface area contributed by atoms with Gasteiger partial charge in [-0.15, -0.1) is 0 Å². The number of carbonyl (C=O) groups excluding carboxylic acids is 2. The van der Waals surface area contributed by atoms with Crippen molar-refractivity contribution >= 4 is 23.2 Å². The van der Waals surface area contributed by atoms with Crippen LogP contribution < -0.4 is 10.6 Å². The monoisotopic (exact) mass is 304 g/mol. The van der Waals surface area contributed by atoms with Gasteiger partial charge in [0.25, 0.3) is 0 Å². The lowest BCUT2D eigenvalue weighted by Gasteiger charge is -2.12. The molecule has 0 aliphatic carbocycles. The van der Waals surface area contributed by atoms with Crippen molar-refractivity contribution in [3.8, 4) is 0 Å². The number of carbonyl (C=O) groups is 2. The molecule has 0 atom stereocenters. The van der Waals surface area contributed by atoms with Gasteiger partial charge in [-0.3, -0.25) is 9.59 Å². The Kier molecular flexibility index (Phi) is 4.50. The smallest absolute Gasteiger partial charge is 0.314 e. The Hall–Kier alpha value is -2.76. The number of halogens is 2. The fourth-order valence-corrected chi connectivity index (χ4v) is 1.97. The molecule has 0 radical (unpaired) electrons. The van der Waals surface area contributed by atoms with Gasteiger partial charge < -0.3 is 10.6 Å². The van der Waals surface area contributed by atoms with Crippen molar-refractivity contribution in [2.75, 3.05) is 10.6 Å². The third-order valence-corrected chi connectivity index (χ3v) is 3.13. The Labute approximate surface area is 126 Å². The molecule has 0 bridgehead atoms. The number of amides is 2. The van der Waals surface area contributed by atoms with Crippen LogP contribution in [0.4, 0.5) is 20.2 Å². The number of benzene rings is 2. The number of nitrogens with one attached hydrogen (secondary N) is 2. The van der Waals surface area contributed by atoms with E-state index in [-0.39, 0.29) is 0 Å². The van der Waals surface area contributed by atoms with Gasteiger partial charge in [0.05, 0.1) is 0 Å². The molecule has 0 aliphatic heterocycles. The Morgan fingerprint density at radius 1 is 0.773 bits per heavy atom. The number of para-hydroxylation sites is 2. The molecular weight excluding hydrogens is 290 g/mol. The van der Waals surface area contributed by atoms with Gasteiger partial charge >= 0.3 is 11.8 Å². The van der Waals surface area contributed by atoms with E-state index in [1.165, 1.54) is 0 Å². The van der Waals surface area contributed by atoms with E-state index >= 15 is 0 Å². The van der Waals surface area contributed by atoms with E-state index in [0.717, 1.165) is 29.3 Å². The van der Waals surface area contributed by atoms with E-state index in [0.29, 0.717) is 5.69 Å². The summed E-state index contributed by atoms with van der Waals surface area (Å²) in [5, 5.41) is 4.38. The van der Waals surface area contributed by atoms with E-state index in [2.05, 4.69) is 5.32 Å². The van der Waals surface area contributed by atoms with Crippen LogP contribution in [0.3, 0.4) is 0 Å². The summed E-state index contributed by atoms with van der Waals surface area (Å²) in [5.41, 5.74) is 1.40. The van der Waals surface area contributed by atoms with Crippen LogP contribution in [0.15, 0.2) is 36.4 Å². The summed E-state index contributed by atoms with van der Waals surface area (Å²) in [5.74, 6) is -4.05. The summed E-state index contributed by atoms with van der Waals surface area (Å²) in [7, 11) is 0. The topological polar surface area (TPSA) is 58.2 Å². The van der Waals surface area contributed by atoms with E-state index in [4.69, 9.17) is 0 Å². The molecule has 0 fully saturated rings. The third kappa shape index (κ3) is 3.28. The van der Waals surface area contributed by atoms with Crippen LogP contribution in [0.2, 0.25) is 0 Å². The molecule has 0 aliphatic rings. The zero-order chi connectivity index (χ0) is 16.3. The van der Waals surface area contributed by atoms with Gasteiger partial charge in [0.1, 0.15) is 17.3 Å². The first-order valence-electron chi connectivity index (χ1n) is 6.52. The van der Waals surface area contributed by atoms with Crippen LogP contribution >= 0.6 is 0 Å². The van der Waals surface area contributed by atoms with Crippen molar-refractivity contribution in [2.45, 2.75) is 13.8 Å². The van der Waals surface area contributed by atoms with E-state index < -0.39 is 29.1 Å². The van der Waals surface area contributed by atoms with Crippen LogP contribution in [0.5, 0.6) is 0 Å². The minimum Gasteiger partial charge on any atom is -0.317 e. The van der Waals surface area contributed by atoms with E-state index in [9.17, 15) is 18.4 Å². The highest BCUT2D eigenvalue weighted by Gasteiger charge is 2.19. The highest BCUT2D eigenvalue weighted by Crippen LogP contribution is 2.20. The van der Waals surface area contributed by atoms with Crippen molar-refractivity contribution in [1.82, 2.24) is 0 Å². The molecule has 0 aromatic heterocycles. The summed E-state index contributed by atoms with van der Waals surface area (Å²) in [6, 6.07) is 8.50. The summed E-state index contributed by atoms with van der Waals surface area (Å²) in [6.45, 7) is 3.55. The van der Waals surface area contributed by atoms with Gasteiger partial charge in [-0.05, 0) is 37.1 Å². The molecule has 6 heteroatoms. The van der Waals surface area contributed by atoms with Crippen molar-refractivity contribution in [2.24, 2.45) is 0 Å². The molecule has 2 N–H and O–H groups in total. The number of hydrogen-bond acceptors (Lipinski definition) is 2. The number of hydrogen-bond donors (Lipinski definition) is 2. The molecule has 2 amide bonds. The first kappa shape index (κ1) is 15.6. The first-order valence-corrected chi connectivity index (χ1v) is 6.52. The highest BCUT2D eigenvalue weighted by molar-refractivity contribution is 6.43. The minimum atomic E-state index is -1.15. The zero-order valence-corrected chi connectivity index (χ0v) is 12.0. The molecule has 4 nitrogen and oxygen atoms in total. The second-order valence-electron chi connectivity index (χ2n) is 4.77. The largest absolute Gasteiger partial charge is 0.317 e. The maximum Gasteiger partial charge on any atom is 0.314 e. The van der Waals surface area contributed by atoms with Crippen molar-refractivity contribution in [1.29, 1.82) is 0 Å². The summed E-state index contributed by atoms with van der Waals surface area (Å²) < 4.78 is 26.9. The predicted molar refractivity (Wildman–Crippen MR) is 79.5 cm³/mol. The molecule has 0 saturated carbocycles. The minimum absolute atomic E-state index is 0.497. The van der Waals surface area contributed by atoms with Crippen LogP contribution in [-0.4, -0.2) is 11.8 Å². The average molecular weight is 304 g/mol. The lowest BCUT2D eigenvalue weighted by molar-refractivity contribution is -0.133. The standard InChI is InChI=1S/C16H14F2N2O2/c1-9-5-3-6-10(2)13(9)19-15(21)16(22)20-14-11(17)7-4-8-12(14)18/h3-8H,1-2H3,(H,19,21)(H,20,22). The Balaban J connectivity index is 2.15. The van der Waals surface area contributed by atoms with Gasteiger partial charge in [-0.1, -0.05) is 24.3 Å². The number of rotatable bonds is 2. The van der Waals surface area contributed by atoms with E-state index in [1.54, 1.807) is 26.0 Å². The van der Waals surface area contributed by atoms with Crippen LogP contribution in [0.25, 0.3) is 0 Å². The highest BCUT2D eigenvalue weighted by atomic mass is 19.1. The van der Waals surface area contributed by atoms with Crippen molar-refractivity contribution < 1.29 is 18.4 Å². The summed E-state index contributed by atoms with van der Waals surface area (Å²) >= 11 is 0. The number of aryl methyl sites for hydroxylation is 2. The lowest BCUT2D eigenvalue weighted by Crippen LogP contribution is -2.30. The predicted octanol–water partition coefficient (Wildman–Crippen LogP) is 3.16. The molecule has 114 valence electrons. The van der Waals surface area contributed by atoms with E-state index in [1.807, 2.05) is 11.4 Å². The Bertz CT molecular complexity index is 641. The quantitative estimate of drug-likeness (QED) is 0.837. The van der Waals surface area contributed by atoms with Crippen molar-refractivity contribution in [3.05, 3.63) is 59.2 Å². The fourth-order valence-electron chi connectivity index (χ4n) is 1.97. The lowest BCUT2D eigenvalue weighted by atomic mass is 10.1. The molecule has 0 spiro atoms. The molecule has 2 aromatic rings. The second kappa shape index (κ2) is 6.34. The average Bonchev–Trinajstić information content (AvgIpc) is 2.46. The van der Waals surface area contributed by atoms with Gasteiger partial charge in [0, 0.05) is 5.69 Å². The van der Waals surface area contributed by atoms with Crippen LogP contribution in [0, 0.1) is 25.5 Å². The SMILES string of the molecule is Cc1cccc(C)c1NC(=O)C(=O)Nc1c(F)cccc1F. The van der Waals surface area contributed by atoms with Gasteiger partial charge in [0.2, 0.25) is 0 Å². The van der Waals surface area contributed by atoms with Crippen molar-refractivity contribution in [3.63, 3.8) is 0 Å². The summed E-state index contributed by atoms with van der Waals surface area (Å²) in [4.78, 5) is 23.7. The Morgan fingerprint density at radius 3 is 1.68 bits per heavy atom. The van der Waals surface area contributed by atoms with Gasteiger partial charge in [0.15, 0.2) is 0 Å².